The number of esters is 1. The molecule has 1 atom stereocenters. The van der Waals surface area contributed by atoms with E-state index in [-0.39, 0.29) is 18.4 Å². The number of methoxy groups -OCH3 is 1. The summed E-state index contributed by atoms with van der Waals surface area (Å²) in [4.78, 5) is 42.6. The van der Waals surface area contributed by atoms with Gasteiger partial charge >= 0.3 is 5.97 Å². The number of nitrogens with zero attached hydrogens (tertiary/aromatic N) is 3. The summed E-state index contributed by atoms with van der Waals surface area (Å²) in [6.45, 7) is 2.20. The number of hydrogen-bond donors (Lipinski definition) is 0. The van der Waals surface area contributed by atoms with Crippen LogP contribution in [0.5, 0.6) is 0 Å². The molecule has 1 fully saturated rings. The lowest BCUT2D eigenvalue weighted by molar-refractivity contribution is -0.154. The second-order valence-electron chi connectivity index (χ2n) is 4.74. The van der Waals surface area contributed by atoms with Gasteiger partial charge < -0.3 is 14.5 Å². The summed E-state index contributed by atoms with van der Waals surface area (Å²) in [6, 6.07) is 2.58. The monoisotopic (exact) mass is 291 g/mol. The van der Waals surface area contributed by atoms with Gasteiger partial charge in [-0.05, 0) is 12.1 Å². The summed E-state index contributed by atoms with van der Waals surface area (Å²) >= 11 is 0. The summed E-state index contributed by atoms with van der Waals surface area (Å²) < 4.78 is 4.72. The minimum atomic E-state index is -0.762. The number of ether oxygens (including phenoxy) is 1. The van der Waals surface area contributed by atoms with E-state index in [1.54, 1.807) is 18.3 Å². The number of carbonyl (C=O) groups excluding carboxylic acids is 3. The van der Waals surface area contributed by atoms with Gasteiger partial charge in [-0.15, -0.1) is 0 Å². The molecule has 21 heavy (non-hydrogen) atoms. The van der Waals surface area contributed by atoms with Crippen molar-refractivity contribution in [2.24, 2.45) is 0 Å². The van der Waals surface area contributed by atoms with Crippen molar-refractivity contribution in [2.45, 2.75) is 13.0 Å². The predicted molar refractivity (Wildman–Crippen MR) is 73.3 cm³/mol. The largest absolute Gasteiger partial charge is 0.467 e. The highest BCUT2D eigenvalue weighted by molar-refractivity contribution is 5.95. The SMILES string of the molecule is COC(=O)[C@H]1CN(C(=O)c2cccnc2)CCN1C(C)=O. The van der Waals surface area contributed by atoms with Crippen LogP contribution in [0.1, 0.15) is 17.3 Å². The van der Waals surface area contributed by atoms with E-state index in [0.717, 1.165) is 0 Å². The Bertz CT molecular complexity index is 546. The molecule has 0 N–H and O–H groups in total. The van der Waals surface area contributed by atoms with Crippen molar-refractivity contribution in [3.05, 3.63) is 30.1 Å². The van der Waals surface area contributed by atoms with Crippen molar-refractivity contribution in [3.63, 3.8) is 0 Å². The van der Waals surface area contributed by atoms with Crippen LogP contribution < -0.4 is 0 Å². The first-order valence-electron chi connectivity index (χ1n) is 6.59. The maximum atomic E-state index is 12.4. The number of piperazine rings is 1. The number of pyridine rings is 1. The highest BCUT2D eigenvalue weighted by Gasteiger charge is 2.36. The normalized spacial score (nSPS) is 18.3. The van der Waals surface area contributed by atoms with Gasteiger partial charge in [0.15, 0.2) is 0 Å². The van der Waals surface area contributed by atoms with Crippen LogP contribution in [0.4, 0.5) is 0 Å². The molecule has 0 saturated carbocycles. The molecule has 0 radical (unpaired) electrons. The Labute approximate surface area is 122 Å². The van der Waals surface area contributed by atoms with Crippen LogP contribution in [0.3, 0.4) is 0 Å². The first kappa shape index (κ1) is 15.0. The molecule has 1 aliphatic rings. The van der Waals surface area contributed by atoms with Gasteiger partial charge in [0.1, 0.15) is 6.04 Å². The van der Waals surface area contributed by atoms with Crippen molar-refractivity contribution in [2.75, 3.05) is 26.7 Å². The van der Waals surface area contributed by atoms with Gasteiger partial charge in [0, 0.05) is 32.4 Å². The van der Waals surface area contributed by atoms with E-state index in [4.69, 9.17) is 4.74 Å². The molecule has 0 aliphatic carbocycles. The molecule has 1 saturated heterocycles. The molecule has 2 amide bonds. The molecule has 1 aromatic heterocycles. The van der Waals surface area contributed by atoms with Crippen LogP contribution >= 0.6 is 0 Å². The average molecular weight is 291 g/mol. The molecule has 1 aromatic rings. The minimum Gasteiger partial charge on any atom is -0.467 e. The second kappa shape index (κ2) is 6.34. The Morgan fingerprint density at radius 1 is 1.33 bits per heavy atom. The molecule has 2 rings (SSSR count). The van der Waals surface area contributed by atoms with Crippen molar-refractivity contribution >= 4 is 17.8 Å². The van der Waals surface area contributed by atoms with Gasteiger partial charge in [-0.3, -0.25) is 14.6 Å². The molecular formula is C14H17N3O4. The van der Waals surface area contributed by atoms with Crippen molar-refractivity contribution in [3.8, 4) is 0 Å². The van der Waals surface area contributed by atoms with Gasteiger partial charge in [0.2, 0.25) is 5.91 Å². The van der Waals surface area contributed by atoms with Gasteiger partial charge in [0.25, 0.3) is 5.91 Å². The van der Waals surface area contributed by atoms with E-state index in [9.17, 15) is 14.4 Å². The highest BCUT2D eigenvalue weighted by atomic mass is 16.5. The van der Waals surface area contributed by atoms with Crippen molar-refractivity contribution in [1.29, 1.82) is 0 Å². The smallest absolute Gasteiger partial charge is 0.330 e. The van der Waals surface area contributed by atoms with E-state index in [2.05, 4.69) is 4.98 Å². The Morgan fingerprint density at radius 3 is 2.67 bits per heavy atom. The van der Waals surface area contributed by atoms with Crippen LogP contribution in [-0.4, -0.2) is 65.4 Å². The maximum Gasteiger partial charge on any atom is 0.330 e. The molecule has 1 aliphatic heterocycles. The maximum absolute atomic E-state index is 12.4. The van der Waals surface area contributed by atoms with E-state index >= 15 is 0 Å². The number of carbonyl (C=O) groups is 3. The lowest BCUT2D eigenvalue weighted by atomic mass is 10.1. The summed E-state index contributed by atoms with van der Waals surface area (Å²) in [5.74, 6) is -0.937. The summed E-state index contributed by atoms with van der Waals surface area (Å²) in [5.41, 5.74) is 0.456. The fraction of sp³-hybridized carbons (Fsp3) is 0.429. The third-order valence-corrected chi connectivity index (χ3v) is 3.45. The Balaban J connectivity index is 2.16. The third kappa shape index (κ3) is 3.18. The molecule has 0 spiro atoms. The quantitative estimate of drug-likeness (QED) is 0.712. The molecular weight excluding hydrogens is 274 g/mol. The lowest BCUT2D eigenvalue weighted by Crippen LogP contribution is -2.59. The first-order chi connectivity index (χ1) is 10.0. The summed E-state index contributed by atoms with van der Waals surface area (Å²) in [6.07, 6.45) is 3.06. The molecule has 0 aromatic carbocycles. The fourth-order valence-electron chi connectivity index (χ4n) is 2.35. The zero-order valence-corrected chi connectivity index (χ0v) is 12.0. The third-order valence-electron chi connectivity index (χ3n) is 3.45. The zero-order valence-electron chi connectivity index (χ0n) is 12.0. The molecule has 0 bridgehead atoms. The number of hydrogen-bond acceptors (Lipinski definition) is 5. The van der Waals surface area contributed by atoms with Gasteiger partial charge in [-0.25, -0.2) is 4.79 Å². The number of rotatable bonds is 2. The van der Waals surface area contributed by atoms with Gasteiger partial charge in [0.05, 0.1) is 19.2 Å². The Hall–Kier alpha value is -2.44. The van der Waals surface area contributed by atoms with Crippen LogP contribution in [0.25, 0.3) is 0 Å². The fourth-order valence-corrected chi connectivity index (χ4v) is 2.35. The van der Waals surface area contributed by atoms with Gasteiger partial charge in [-0.2, -0.15) is 0 Å². The Morgan fingerprint density at radius 2 is 2.10 bits per heavy atom. The first-order valence-corrected chi connectivity index (χ1v) is 6.59. The Kier molecular flexibility index (Phi) is 4.52. The lowest BCUT2D eigenvalue weighted by Gasteiger charge is -2.39. The van der Waals surface area contributed by atoms with Crippen LogP contribution in [-0.2, 0) is 14.3 Å². The molecule has 2 heterocycles. The molecule has 7 heteroatoms. The van der Waals surface area contributed by atoms with Crippen molar-refractivity contribution < 1.29 is 19.1 Å². The van der Waals surface area contributed by atoms with E-state index in [0.29, 0.717) is 18.7 Å². The zero-order chi connectivity index (χ0) is 15.4. The standard InChI is InChI=1S/C14H17N3O4/c1-10(18)17-7-6-16(9-12(17)14(20)21-2)13(19)11-4-3-5-15-8-11/h3-5,8,12H,6-7,9H2,1-2H3/t12-/m1/s1. The number of amides is 2. The minimum absolute atomic E-state index is 0.125. The number of aromatic nitrogens is 1. The predicted octanol–water partition coefficient (Wildman–Crippen LogP) is -0.0725. The summed E-state index contributed by atoms with van der Waals surface area (Å²) in [7, 11) is 1.27. The molecule has 112 valence electrons. The van der Waals surface area contributed by atoms with Gasteiger partial charge in [-0.1, -0.05) is 0 Å². The van der Waals surface area contributed by atoms with E-state index in [1.807, 2.05) is 0 Å². The van der Waals surface area contributed by atoms with Crippen molar-refractivity contribution in [1.82, 2.24) is 14.8 Å². The second-order valence-corrected chi connectivity index (χ2v) is 4.74. The van der Waals surface area contributed by atoms with E-state index < -0.39 is 12.0 Å². The molecule has 0 unspecified atom stereocenters. The summed E-state index contributed by atoms with van der Waals surface area (Å²) in [5, 5.41) is 0. The average Bonchev–Trinajstić information content (AvgIpc) is 2.53. The molecule has 7 nitrogen and oxygen atoms in total. The van der Waals surface area contributed by atoms with Crippen LogP contribution in [0.2, 0.25) is 0 Å². The van der Waals surface area contributed by atoms with E-state index in [1.165, 1.54) is 30.0 Å². The van der Waals surface area contributed by atoms with Crippen LogP contribution in [0.15, 0.2) is 24.5 Å². The topological polar surface area (TPSA) is 79.8 Å². The highest BCUT2D eigenvalue weighted by Crippen LogP contribution is 2.14. The van der Waals surface area contributed by atoms with Crippen LogP contribution in [0, 0.1) is 0 Å².